The molecule has 0 fully saturated rings. The molecule has 9 heteroatoms. The van der Waals surface area contributed by atoms with Crippen molar-refractivity contribution in [2.24, 2.45) is 5.10 Å². The van der Waals surface area contributed by atoms with Gasteiger partial charge in [-0.25, -0.2) is 5.43 Å². The van der Waals surface area contributed by atoms with Gasteiger partial charge in [-0.3, -0.25) is 19.9 Å². The molecule has 120 valence electrons. The molecule has 3 rings (SSSR count). The van der Waals surface area contributed by atoms with Crippen LogP contribution in [0.4, 0.5) is 5.69 Å². The summed E-state index contributed by atoms with van der Waals surface area (Å²) in [5.74, 6) is -0.490. The van der Waals surface area contributed by atoms with E-state index >= 15 is 0 Å². The number of carbonyl (C=O) groups excluding carboxylic acids is 1. The number of amides is 1. The minimum absolute atomic E-state index is 0.0550. The number of rotatable bonds is 4. The maximum absolute atomic E-state index is 12.2. The van der Waals surface area contributed by atoms with Gasteiger partial charge in [0.2, 0.25) is 0 Å². The highest BCUT2D eigenvalue weighted by atomic mass is 35.5. The summed E-state index contributed by atoms with van der Waals surface area (Å²) in [6, 6.07) is 9.57. The molecular weight excluding hydrogens is 352 g/mol. The van der Waals surface area contributed by atoms with Gasteiger partial charge in [0.15, 0.2) is 0 Å². The number of hydrogen-bond acceptors (Lipinski definition) is 6. The number of nitrogens with zero attached hydrogens (tertiary/aromatic N) is 3. The Hall–Kier alpha value is -2.84. The van der Waals surface area contributed by atoms with Crippen LogP contribution in [-0.2, 0) is 0 Å². The van der Waals surface area contributed by atoms with Crippen molar-refractivity contribution in [3.63, 3.8) is 0 Å². The molecule has 1 N–H and O–H groups in total. The van der Waals surface area contributed by atoms with E-state index in [1.165, 1.54) is 24.4 Å². The molecule has 24 heavy (non-hydrogen) atoms. The van der Waals surface area contributed by atoms with Gasteiger partial charge in [0, 0.05) is 28.4 Å². The summed E-state index contributed by atoms with van der Waals surface area (Å²) in [7, 11) is 0. The Kier molecular flexibility index (Phi) is 4.50. The maximum atomic E-state index is 12.2. The number of nitro benzene ring substituents is 1. The van der Waals surface area contributed by atoms with Crippen LogP contribution < -0.4 is 5.43 Å². The lowest BCUT2D eigenvalue weighted by Gasteiger charge is -1.97. The Morgan fingerprint density at radius 1 is 1.38 bits per heavy atom. The Bertz CT molecular complexity index is 956. The van der Waals surface area contributed by atoms with Crippen LogP contribution in [-0.4, -0.2) is 22.0 Å². The van der Waals surface area contributed by atoms with Crippen molar-refractivity contribution in [2.75, 3.05) is 0 Å². The van der Waals surface area contributed by atoms with Gasteiger partial charge >= 0.3 is 0 Å². The molecule has 0 spiro atoms. The standard InChI is InChI=1S/C15H9ClN4O3S/c16-13-11-5-4-10(20(22)23)7-12(11)24-14(13)15(21)19-18-8-9-3-1-2-6-17-9/h1-8H,(H,19,21)/b18-8-. The zero-order chi connectivity index (χ0) is 17.1. The van der Waals surface area contributed by atoms with Gasteiger partial charge in [0.05, 0.1) is 21.9 Å². The Labute approximate surface area is 144 Å². The number of fused-ring (bicyclic) bond motifs is 1. The Morgan fingerprint density at radius 2 is 2.21 bits per heavy atom. The summed E-state index contributed by atoms with van der Waals surface area (Å²) >= 11 is 7.27. The predicted molar refractivity (Wildman–Crippen MR) is 92.8 cm³/mol. The van der Waals surface area contributed by atoms with Gasteiger partial charge in [-0.05, 0) is 18.2 Å². The number of thiophene rings is 1. The molecule has 1 aromatic carbocycles. The molecule has 2 aromatic heterocycles. The highest BCUT2D eigenvalue weighted by Gasteiger charge is 2.18. The number of benzene rings is 1. The molecule has 0 saturated carbocycles. The molecule has 0 atom stereocenters. The van der Waals surface area contributed by atoms with Crippen LogP contribution in [0.1, 0.15) is 15.4 Å². The van der Waals surface area contributed by atoms with Crippen molar-refractivity contribution in [1.29, 1.82) is 0 Å². The summed E-state index contributed by atoms with van der Waals surface area (Å²) in [5.41, 5.74) is 2.91. The number of hydrogen-bond donors (Lipinski definition) is 1. The van der Waals surface area contributed by atoms with Gasteiger partial charge in [0.25, 0.3) is 11.6 Å². The van der Waals surface area contributed by atoms with Gasteiger partial charge in [0.1, 0.15) is 4.88 Å². The fourth-order valence-electron chi connectivity index (χ4n) is 1.97. The van der Waals surface area contributed by atoms with Crippen LogP contribution in [0.25, 0.3) is 10.1 Å². The first-order chi connectivity index (χ1) is 11.6. The molecule has 0 bridgehead atoms. The van der Waals surface area contributed by atoms with Crippen molar-refractivity contribution >= 4 is 50.8 Å². The van der Waals surface area contributed by atoms with Crippen molar-refractivity contribution in [3.8, 4) is 0 Å². The average Bonchev–Trinajstić information content (AvgIpc) is 2.92. The van der Waals surface area contributed by atoms with Crippen LogP contribution in [0.5, 0.6) is 0 Å². The molecule has 0 aliphatic carbocycles. The number of nitro groups is 1. The van der Waals surface area contributed by atoms with Crippen LogP contribution in [0, 0.1) is 10.1 Å². The summed E-state index contributed by atoms with van der Waals surface area (Å²) in [6.07, 6.45) is 3.02. The first-order valence-corrected chi connectivity index (χ1v) is 7.86. The van der Waals surface area contributed by atoms with E-state index in [0.29, 0.717) is 15.8 Å². The molecule has 2 heterocycles. The molecule has 0 aliphatic rings. The zero-order valence-electron chi connectivity index (χ0n) is 12.0. The van der Waals surface area contributed by atoms with E-state index in [9.17, 15) is 14.9 Å². The molecule has 3 aromatic rings. The number of nitrogens with one attached hydrogen (secondary N) is 1. The van der Waals surface area contributed by atoms with Crippen molar-refractivity contribution in [1.82, 2.24) is 10.4 Å². The average molecular weight is 361 g/mol. The van der Waals surface area contributed by atoms with Crippen LogP contribution in [0.3, 0.4) is 0 Å². The Morgan fingerprint density at radius 3 is 2.92 bits per heavy atom. The fraction of sp³-hybridized carbons (Fsp3) is 0. The second-order valence-electron chi connectivity index (χ2n) is 4.64. The maximum Gasteiger partial charge on any atom is 0.283 e. The second kappa shape index (κ2) is 6.73. The SMILES string of the molecule is O=C(N/N=C\c1ccccn1)c1sc2cc([N+](=O)[O-])ccc2c1Cl. The van der Waals surface area contributed by atoms with Crippen LogP contribution in [0.2, 0.25) is 5.02 Å². The Balaban J connectivity index is 1.83. The summed E-state index contributed by atoms with van der Waals surface area (Å²) < 4.78 is 0.563. The third kappa shape index (κ3) is 3.24. The highest BCUT2D eigenvalue weighted by molar-refractivity contribution is 7.21. The van der Waals surface area contributed by atoms with Gasteiger partial charge in [-0.1, -0.05) is 17.7 Å². The molecule has 0 radical (unpaired) electrons. The number of carbonyl (C=O) groups is 1. The molecule has 1 amide bonds. The van der Waals surface area contributed by atoms with E-state index in [0.717, 1.165) is 11.3 Å². The predicted octanol–water partition coefficient (Wildman–Crippen LogP) is 3.62. The second-order valence-corrected chi connectivity index (χ2v) is 6.07. The van der Waals surface area contributed by atoms with E-state index in [-0.39, 0.29) is 15.6 Å². The van der Waals surface area contributed by atoms with Crippen molar-refractivity contribution in [3.05, 3.63) is 68.3 Å². The topological polar surface area (TPSA) is 97.5 Å². The quantitative estimate of drug-likeness (QED) is 0.436. The first kappa shape index (κ1) is 16.0. The lowest BCUT2D eigenvalue weighted by molar-refractivity contribution is -0.384. The molecule has 7 nitrogen and oxygen atoms in total. The number of aromatic nitrogens is 1. The minimum atomic E-state index is -0.496. The van der Waals surface area contributed by atoms with E-state index in [1.807, 2.05) is 0 Å². The van der Waals surface area contributed by atoms with Crippen LogP contribution in [0.15, 0.2) is 47.7 Å². The van der Waals surface area contributed by atoms with E-state index in [1.54, 1.807) is 24.4 Å². The van der Waals surface area contributed by atoms with Crippen LogP contribution >= 0.6 is 22.9 Å². The smallest absolute Gasteiger partial charge is 0.266 e. The molecule has 0 saturated heterocycles. The number of halogens is 1. The summed E-state index contributed by atoms with van der Waals surface area (Å²) in [5, 5.41) is 15.5. The highest BCUT2D eigenvalue weighted by Crippen LogP contribution is 2.37. The molecule has 0 unspecified atom stereocenters. The summed E-state index contributed by atoms with van der Waals surface area (Å²) in [4.78, 5) is 26.8. The third-order valence-electron chi connectivity index (χ3n) is 3.08. The third-order valence-corrected chi connectivity index (χ3v) is 4.74. The van der Waals surface area contributed by atoms with Crippen molar-refractivity contribution < 1.29 is 9.72 Å². The normalized spacial score (nSPS) is 11.0. The molecular formula is C15H9ClN4O3S. The van der Waals surface area contributed by atoms with E-state index in [4.69, 9.17) is 11.6 Å². The van der Waals surface area contributed by atoms with E-state index in [2.05, 4.69) is 15.5 Å². The van der Waals surface area contributed by atoms with E-state index < -0.39 is 10.8 Å². The van der Waals surface area contributed by atoms with Gasteiger partial charge in [-0.15, -0.1) is 11.3 Å². The monoisotopic (exact) mass is 360 g/mol. The molecule has 0 aliphatic heterocycles. The van der Waals surface area contributed by atoms with Gasteiger partial charge < -0.3 is 0 Å². The lowest BCUT2D eigenvalue weighted by Crippen LogP contribution is -2.16. The summed E-state index contributed by atoms with van der Waals surface area (Å²) in [6.45, 7) is 0. The first-order valence-electron chi connectivity index (χ1n) is 6.67. The minimum Gasteiger partial charge on any atom is -0.266 e. The lowest BCUT2D eigenvalue weighted by atomic mass is 10.2. The zero-order valence-corrected chi connectivity index (χ0v) is 13.5. The number of hydrazone groups is 1. The van der Waals surface area contributed by atoms with Gasteiger partial charge in [-0.2, -0.15) is 5.10 Å². The largest absolute Gasteiger partial charge is 0.283 e. The van der Waals surface area contributed by atoms with Crippen molar-refractivity contribution in [2.45, 2.75) is 0 Å². The number of pyridine rings is 1. The number of non-ortho nitro benzene ring substituents is 1. The fourth-order valence-corrected chi connectivity index (χ4v) is 3.41.